The maximum absolute atomic E-state index is 10.4. The molecule has 0 radical (unpaired) electrons. The van der Waals surface area contributed by atoms with Crippen LogP contribution in [0.3, 0.4) is 0 Å². The first-order valence-electron chi connectivity index (χ1n) is 13.0. The smallest absolute Gasteiger partial charge is 0.127 e. The molecule has 3 N–H and O–H groups in total. The summed E-state index contributed by atoms with van der Waals surface area (Å²) in [5.41, 5.74) is 4.23. The molecule has 1 aliphatic rings. The lowest BCUT2D eigenvalue weighted by atomic mass is 9.84. The van der Waals surface area contributed by atoms with Crippen LogP contribution in [0.1, 0.15) is 121 Å². The van der Waals surface area contributed by atoms with E-state index in [1.165, 1.54) is 56.9 Å². The van der Waals surface area contributed by atoms with Gasteiger partial charge in [-0.15, -0.1) is 0 Å². The first-order valence-corrected chi connectivity index (χ1v) is 13.0. The van der Waals surface area contributed by atoms with Gasteiger partial charge >= 0.3 is 0 Å². The van der Waals surface area contributed by atoms with Crippen molar-refractivity contribution in [2.24, 2.45) is 17.8 Å². The summed E-state index contributed by atoms with van der Waals surface area (Å²) < 4.78 is 6.60. The maximum atomic E-state index is 10.4. The summed E-state index contributed by atoms with van der Waals surface area (Å²) in [4.78, 5) is 0. The molecule has 1 aromatic carbocycles. The molecule has 0 unspecified atom stereocenters. The molecule has 1 aliphatic heterocycles. The highest BCUT2D eigenvalue weighted by Gasteiger charge is 2.34. The van der Waals surface area contributed by atoms with Crippen LogP contribution in [0, 0.1) is 38.5 Å². The lowest BCUT2D eigenvalue weighted by molar-refractivity contribution is 0.0512. The number of fused-ring (bicyclic) bond motifs is 1. The molecule has 186 valence electrons. The van der Waals surface area contributed by atoms with Crippen molar-refractivity contribution in [2.45, 2.75) is 132 Å². The first kappa shape index (κ1) is 28.8. The lowest BCUT2D eigenvalue weighted by Crippen LogP contribution is -2.37. The van der Waals surface area contributed by atoms with E-state index in [9.17, 15) is 5.11 Å². The van der Waals surface area contributed by atoms with Gasteiger partial charge in [-0.25, -0.2) is 0 Å². The number of phenols is 1. The van der Waals surface area contributed by atoms with E-state index in [-0.39, 0.29) is 11.1 Å². The SMILES string of the molecule is Cc1c(C)c2c(c(C)c1O)CC[C@](C)(CCC[C@H](C)CCC[C@@H](C)CCCC(C)C)O2.O. The van der Waals surface area contributed by atoms with Crippen molar-refractivity contribution in [3.05, 3.63) is 22.3 Å². The largest absolute Gasteiger partial charge is 0.507 e. The second-order valence-electron chi connectivity index (χ2n) is 11.4. The van der Waals surface area contributed by atoms with E-state index >= 15 is 0 Å². The van der Waals surface area contributed by atoms with E-state index in [1.807, 2.05) is 13.8 Å². The van der Waals surface area contributed by atoms with Crippen molar-refractivity contribution in [3.8, 4) is 11.5 Å². The van der Waals surface area contributed by atoms with Crippen molar-refractivity contribution in [2.75, 3.05) is 0 Å². The molecule has 0 saturated heterocycles. The molecule has 3 atom stereocenters. The summed E-state index contributed by atoms with van der Waals surface area (Å²) in [6.07, 6.45) is 14.1. The molecule has 32 heavy (non-hydrogen) atoms. The van der Waals surface area contributed by atoms with Gasteiger partial charge in [0.15, 0.2) is 0 Å². The second kappa shape index (κ2) is 12.9. The van der Waals surface area contributed by atoms with Crippen molar-refractivity contribution < 1.29 is 15.3 Å². The van der Waals surface area contributed by atoms with Gasteiger partial charge < -0.3 is 15.3 Å². The van der Waals surface area contributed by atoms with Gasteiger partial charge in [-0.05, 0) is 87.8 Å². The van der Waals surface area contributed by atoms with Crippen LogP contribution < -0.4 is 4.74 Å². The minimum absolute atomic E-state index is 0. The third kappa shape index (κ3) is 7.97. The molecule has 0 bridgehead atoms. The predicted octanol–water partition coefficient (Wildman–Crippen LogP) is 8.02. The number of ether oxygens (including phenoxy) is 1. The summed E-state index contributed by atoms with van der Waals surface area (Å²) in [6.45, 7) is 17.9. The van der Waals surface area contributed by atoms with Crippen LogP contribution >= 0.6 is 0 Å². The van der Waals surface area contributed by atoms with Gasteiger partial charge in [0.25, 0.3) is 0 Å². The Morgan fingerprint density at radius 3 is 1.91 bits per heavy atom. The van der Waals surface area contributed by atoms with Crippen LogP contribution in [-0.2, 0) is 6.42 Å². The fourth-order valence-electron chi connectivity index (χ4n) is 5.27. The third-order valence-corrected chi connectivity index (χ3v) is 7.87. The maximum Gasteiger partial charge on any atom is 0.127 e. The van der Waals surface area contributed by atoms with Crippen LogP contribution in [0.25, 0.3) is 0 Å². The molecular formula is C29H52O3. The van der Waals surface area contributed by atoms with E-state index in [4.69, 9.17) is 4.74 Å². The summed E-state index contributed by atoms with van der Waals surface area (Å²) >= 11 is 0. The number of phenolic OH excluding ortho intramolecular Hbond substituents is 1. The zero-order valence-electron chi connectivity index (χ0n) is 22.4. The fraction of sp³-hybridized carbons (Fsp3) is 0.793. The highest BCUT2D eigenvalue weighted by molar-refractivity contribution is 5.58. The minimum atomic E-state index is -0.0712. The molecule has 2 rings (SSSR count). The van der Waals surface area contributed by atoms with Crippen molar-refractivity contribution in [3.63, 3.8) is 0 Å². The van der Waals surface area contributed by atoms with E-state index < -0.39 is 0 Å². The predicted molar refractivity (Wildman–Crippen MR) is 138 cm³/mol. The summed E-state index contributed by atoms with van der Waals surface area (Å²) in [7, 11) is 0. The van der Waals surface area contributed by atoms with Gasteiger partial charge in [0, 0.05) is 5.56 Å². The van der Waals surface area contributed by atoms with Gasteiger partial charge in [0.2, 0.25) is 0 Å². The Kier molecular flexibility index (Phi) is 11.6. The first-order chi connectivity index (χ1) is 14.5. The van der Waals surface area contributed by atoms with E-state index in [2.05, 4.69) is 41.5 Å². The number of rotatable bonds is 12. The van der Waals surface area contributed by atoms with Crippen LogP contribution in [-0.4, -0.2) is 16.2 Å². The monoisotopic (exact) mass is 448 g/mol. The topological polar surface area (TPSA) is 61.0 Å². The van der Waals surface area contributed by atoms with Crippen molar-refractivity contribution >= 4 is 0 Å². The minimum Gasteiger partial charge on any atom is -0.507 e. The Morgan fingerprint density at radius 2 is 1.34 bits per heavy atom. The third-order valence-electron chi connectivity index (χ3n) is 7.87. The zero-order chi connectivity index (χ0) is 23.2. The highest BCUT2D eigenvalue weighted by Crippen LogP contribution is 2.44. The van der Waals surface area contributed by atoms with Crippen molar-refractivity contribution in [1.29, 1.82) is 0 Å². The van der Waals surface area contributed by atoms with E-state index in [0.717, 1.165) is 59.5 Å². The quantitative estimate of drug-likeness (QED) is 0.352. The van der Waals surface area contributed by atoms with Crippen molar-refractivity contribution in [1.82, 2.24) is 0 Å². The normalized spacial score (nSPS) is 19.8. The van der Waals surface area contributed by atoms with E-state index in [1.54, 1.807) is 0 Å². The van der Waals surface area contributed by atoms with Crippen LogP contribution in [0.5, 0.6) is 11.5 Å². The summed E-state index contributed by atoms with van der Waals surface area (Å²) in [5.74, 6) is 4.04. The van der Waals surface area contributed by atoms with Gasteiger partial charge in [-0.3, -0.25) is 0 Å². The van der Waals surface area contributed by atoms with E-state index in [0.29, 0.717) is 5.75 Å². The molecule has 0 fully saturated rings. The van der Waals surface area contributed by atoms with Gasteiger partial charge in [-0.1, -0.05) is 72.6 Å². The molecule has 0 aromatic heterocycles. The molecule has 3 nitrogen and oxygen atoms in total. The van der Waals surface area contributed by atoms with Gasteiger partial charge in [-0.2, -0.15) is 0 Å². The average Bonchev–Trinajstić information content (AvgIpc) is 2.70. The molecule has 1 aromatic rings. The Labute approximate surface area is 198 Å². The molecule has 0 amide bonds. The second-order valence-corrected chi connectivity index (χ2v) is 11.4. The average molecular weight is 449 g/mol. The number of hydrogen-bond acceptors (Lipinski definition) is 2. The highest BCUT2D eigenvalue weighted by atomic mass is 16.5. The van der Waals surface area contributed by atoms with Crippen LogP contribution in [0.2, 0.25) is 0 Å². The van der Waals surface area contributed by atoms with Crippen LogP contribution in [0.15, 0.2) is 0 Å². The molecule has 0 saturated carbocycles. The van der Waals surface area contributed by atoms with Gasteiger partial charge in [0.05, 0.1) is 0 Å². The summed E-state index contributed by atoms with van der Waals surface area (Å²) in [6, 6.07) is 0. The molecule has 0 spiro atoms. The zero-order valence-corrected chi connectivity index (χ0v) is 22.4. The standard InChI is InChI=1S/C29H50O2.H2O/c1-20(2)12-9-13-21(3)14-10-15-22(4)16-11-18-29(8)19-17-26-25(7)27(30)23(5)24(6)28(26)31-29;/h20-22,30H,9-19H2,1-8H3;1H2/t21-,22+,29-;/m0./s1. The lowest BCUT2D eigenvalue weighted by Gasteiger charge is -2.38. The number of aromatic hydroxyl groups is 1. The Balaban J connectivity index is 0.00000512. The van der Waals surface area contributed by atoms with Crippen LogP contribution in [0.4, 0.5) is 0 Å². The van der Waals surface area contributed by atoms with Gasteiger partial charge in [0.1, 0.15) is 17.1 Å². The number of hydrogen-bond donors (Lipinski definition) is 1. The molecule has 0 aliphatic carbocycles. The fourth-order valence-corrected chi connectivity index (χ4v) is 5.27. The Hall–Kier alpha value is -1.22. The molecule has 3 heteroatoms. The summed E-state index contributed by atoms with van der Waals surface area (Å²) in [5, 5.41) is 10.4. The number of benzene rings is 1. The molecule has 1 heterocycles. The Bertz CT molecular complexity index is 709. The Morgan fingerprint density at radius 1 is 0.812 bits per heavy atom. The molecular weight excluding hydrogens is 396 g/mol.